The number of likely N-dealkylation sites (tertiary alicyclic amines) is 1. The minimum Gasteiger partial charge on any atom is -0.444 e. The highest BCUT2D eigenvalue weighted by atomic mass is 16.6. The van der Waals surface area contributed by atoms with Crippen LogP contribution in [0.5, 0.6) is 0 Å². The Morgan fingerprint density at radius 3 is 2.86 bits per heavy atom. The van der Waals surface area contributed by atoms with Crippen LogP contribution in [-0.4, -0.2) is 41.8 Å². The zero-order valence-electron chi connectivity index (χ0n) is 14.2. The molecule has 2 fully saturated rings. The monoisotopic (exact) mass is 306 g/mol. The quantitative estimate of drug-likeness (QED) is 0.796. The molecule has 2 aliphatic carbocycles. The molecule has 1 N–H and O–H groups in total. The van der Waals surface area contributed by atoms with Crippen LogP contribution >= 0.6 is 0 Å². The number of hydrogen-bond acceptors (Lipinski definition) is 3. The number of ether oxygens (including phenoxy) is 1. The fraction of sp³-hybridized carbons (Fsp3) is 0.833. The highest BCUT2D eigenvalue weighted by molar-refractivity contribution is 5.68. The Bertz CT molecular complexity index is 441. The molecule has 22 heavy (non-hydrogen) atoms. The molecule has 0 aromatic heterocycles. The van der Waals surface area contributed by atoms with E-state index in [0.29, 0.717) is 12.1 Å². The van der Waals surface area contributed by atoms with Crippen molar-refractivity contribution in [3.8, 4) is 0 Å². The molecule has 3 aliphatic rings. The van der Waals surface area contributed by atoms with Gasteiger partial charge in [-0.3, -0.25) is 0 Å². The van der Waals surface area contributed by atoms with Gasteiger partial charge in [-0.05, 0) is 58.3 Å². The zero-order chi connectivity index (χ0) is 15.7. The van der Waals surface area contributed by atoms with Gasteiger partial charge in [0.15, 0.2) is 0 Å². The standard InChI is InChI=1S/C18H30N2O2/c1-18(2,3)22-17(21)20-10-5-4-8-14(12-20)19-16-11-13-7-6-9-15(13)16/h6,9,13-16,19H,4-5,7-8,10-12H2,1-3H3. The summed E-state index contributed by atoms with van der Waals surface area (Å²) < 4.78 is 5.54. The van der Waals surface area contributed by atoms with Gasteiger partial charge < -0.3 is 15.0 Å². The predicted octanol–water partition coefficient (Wildman–Crippen LogP) is 3.33. The van der Waals surface area contributed by atoms with Crippen molar-refractivity contribution in [3.05, 3.63) is 12.2 Å². The molecule has 1 amide bonds. The number of amides is 1. The third-order valence-corrected chi connectivity index (χ3v) is 5.14. The van der Waals surface area contributed by atoms with Crippen molar-refractivity contribution < 1.29 is 9.53 Å². The number of hydrogen-bond donors (Lipinski definition) is 1. The van der Waals surface area contributed by atoms with Gasteiger partial charge in [0.25, 0.3) is 0 Å². The van der Waals surface area contributed by atoms with E-state index in [1.165, 1.54) is 19.3 Å². The molecule has 124 valence electrons. The lowest BCUT2D eigenvalue weighted by atomic mass is 9.71. The molecule has 0 aromatic rings. The van der Waals surface area contributed by atoms with E-state index in [1.54, 1.807) is 0 Å². The maximum atomic E-state index is 12.3. The smallest absolute Gasteiger partial charge is 0.410 e. The molecule has 0 aromatic carbocycles. The first kappa shape index (κ1) is 15.9. The second kappa shape index (κ2) is 6.23. The van der Waals surface area contributed by atoms with Gasteiger partial charge in [0.05, 0.1) is 0 Å². The molecule has 0 bridgehead atoms. The van der Waals surface area contributed by atoms with E-state index in [-0.39, 0.29) is 6.09 Å². The SMILES string of the molecule is CC(C)(C)OC(=O)N1CCCCC(NC2CC3CC=CC32)C1. The molecule has 0 radical (unpaired) electrons. The maximum absolute atomic E-state index is 12.3. The number of rotatable bonds is 2. The van der Waals surface area contributed by atoms with Crippen LogP contribution in [0, 0.1) is 11.8 Å². The molecule has 4 heteroatoms. The van der Waals surface area contributed by atoms with E-state index in [4.69, 9.17) is 4.74 Å². The molecule has 1 aliphatic heterocycles. The summed E-state index contributed by atoms with van der Waals surface area (Å²) >= 11 is 0. The van der Waals surface area contributed by atoms with Crippen LogP contribution in [0.2, 0.25) is 0 Å². The lowest BCUT2D eigenvalue weighted by Gasteiger charge is -2.43. The average Bonchev–Trinajstić information content (AvgIpc) is 2.64. The fourth-order valence-electron chi connectivity index (χ4n) is 3.98. The van der Waals surface area contributed by atoms with Gasteiger partial charge in [-0.2, -0.15) is 0 Å². The summed E-state index contributed by atoms with van der Waals surface area (Å²) in [4.78, 5) is 14.2. The average molecular weight is 306 g/mol. The lowest BCUT2D eigenvalue weighted by molar-refractivity contribution is 0.0233. The largest absolute Gasteiger partial charge is 0.444 e. The van der Waals surface area contributed by atoms with Crippen LogP contribution < -0.4 is 5.32 Å². The first-order valence-corrected chi connectivity index (χ1v) is 8.83. The molecule has 0 spiro atoms. The molecule has 1 heterocycles. The van der Waals surface area contributed by atoms with Gasteiger partial charge in [0.2, 0.25) is 0 Å². The van der Waals surface area contributed by atoms with Gasteiger partial charge in [0.1, 0.15) is 5.60 Å². The number of allylic oxidation sites excluding steroid dienone is 1. The van der Waals surface area contributed by atoms with Crippen molar-refractivity contribution >= 4 is 6.09 Å². The van der Waals surface area contributed by atoms with Crippen molar-refractivity contribution in [2.45, 2.75) is 70.6 Å². The highest BCUT2D eigenvalue weighted by Crippen LogP contribution is 2.43. The molecular weight excluding hydrogens is 276 g/mol. The Morgan fingerprint density at radius 1 is 1.32 bits per heavy atom. The zero-order valence-corrected chi connectivity index (χ0v) is 14.2. The Labute approximate surface area is 134 Å². The second-order valence-electron chi connectivity index (χ2n) is 8.13. The summed E-state index contributed by atoms with van der Waals surface area (Å²) in [5, 5.41) is 3.81. The summed E-state index contributed by atoms with van der Waals surface area (Å²) in [6.45, 7) is 7.40. The summed E-state index contributed by atoms with van der Waals surface area (Å²) in [6, 6.07) is 1.03. The van der Waals surface area contributed by atoms with Crippen LogP contribution in [0.15, 0.2) is 12.2 Å². The first-order chi connectivity index (χ1) is 10.4. The number of fused-ring (bicyclic) bond motifs is 1. The molecule has 4 nitrogen and oxygen atoms in total. The topological polar surface area (TPSA) is 41.6 Å². The van der Waals surface area contributed by atoms with Crippen LogP contribution in [-0.2, 0) is 4.74 Å². The number of carbonyl (C=O) groups is 1. The van der Waals surface area contributed by atoms with Gasteiger partial charge in [-0.1, -0.05) is 18.6 Å². The van der Waals surface area contributed by atoms with Gasteiger partial charge in [-0.15, -0.1) is 0 Å². The Hall–Kier alpha value is -1.03. The van der Waals surface area contributed by atoms with Gasteiger partial charge in [-0.25, -0.2) is 4.79 Å². The Kier molecular flexibility index (Phi) is 4.49. The Balaban J connectivity index is 1.53. The molecule has 4 unspecified atom stereocenters. The minimum absolute atomic E-state index is 0.159. The van der Waals surface area contributed by atoms with Crippen LogP contribution in [0.25, 0.3) is 0 Å². The van der Waals surface area contributed by atoms with E-state index in [2.05, 4.69) is 17.5 Å². The van der Waals surface area contributed by atoms with Gasteiger partial charge >= 0.3 is 6.09 Å². The Morgan fingerprint density at radius 2 is 2.14 bits per heavy atom. The van der Waals surface area contributed by atoms with E-state index in [9.17, 15) is 4.79 Å². The van der Waals surface area contributed by atoms with Crippen LogP contribution in [0.1, 0.15) is 52.9 Å². The molecule has 1 saturated heterocycles. The van der Waals surface area contributed by atoms with E-state index in [0.717, 1.165) is 37.8 Å². The van der Waals surface area contributed by atoms with E-state index >= 15 is 0 Å². The van der Waals surface area contributed by atoms with Crippen LogP contribution in [0.4, 0.5) is 4.79 Å². The third kappa shape index (κ3) is 3.65. The van der Waals surface area contributed by atoms with E-state index in [1.807, 2.05) is 25.7 Å². The lowest BCUT2D eigenvalue weighted by Crippen LogP contribution is -2.54. The second-order valence-corrected chi connectivity index (χ2v) is 8.13. The van der Waals surface area contributed by atoms with Crippen molar-refractivity contribution in [1.29, 1.82) is 0 Å². The maximum Gasteiger partial charge on any atom is 0.410 e. The number of carbonyl (C=O) groups excluding carboxylic acids is 1. The van der Waals surface area contributed by atoms with Crippen molar-refractivity contribution in [3.63, 3.8) is 0 Å². The number of nitrogens with zero attached hydrogens (tertiary/aromatic N) is 1. The van der Waals surface area contributed by atoms with Crippen molar-refractivity contribution in [1.82, 2.24) is 10.2 Å². The number of nitrogens with one attached hydrogen (secondary N) is 1. The van der Waals surface area contributed by atoms with Gasteiger partial charge in [0, 0.05) is 25.2 Å². The normalized spacial score (nSPS) is 34.8. The third-order valence-electron chi connectivity index (χ3n) is 5.14. The van der Waals surface area contributed by atoms with Crippen molar-refractivity contribution in [2.75, 3.05) is 13.1 Å². The summed E-state index contributed by atoms with van der Waals surface area (Å²) in [7, 11) is 0. The molecular formula is C18H30N2O2. The van der Waals surface area contributed by atoms with Crippen molar-refractivity contribution in [2.24, 2.45) is 11.8 Å². The predicted molar refractivity (Wildman–Crippen MR) is 87.7 cm³/mol. The van der Waals surface area contributed by atoms with Crippen LogP contribution in [0.3, 0.4) is 0 Å². The molecule has 3 rings (SSSR count). The fourth-order valence-corrected chi connectivity index (χ4v) is 3.98. The molecule has 4 atom stereocenters. The summed E-state index contributed by atoms with van der Waals surface area (Å²) in [5.41, 5.74) is -0.415. The highest BCUT2D eigenvalue weighted by Gasteiger charge is 2.42. The minimum atomic E-state index is -0.415. The first-order valence-electron chi connectivity index (χ1n) is 8.83. The summed E-state index contributed by atoms with van der Waals surface area (Å²) in [6.07, 6.45) is 10.5. The summed E-state index contributed by atoms with van der Waals surface area (Å²) in [5.74, 6) is 1.61. The molecule has 1 saturated carbocycles. The van der Waals surface area contributed by atoms with E-state index < -0.39 is 5.60 Å².